The third kappa shape index (κ3) is 6.17. The van der Waals surface area contributed by atoms with E-state index >= 15 is 0 Å². The number of halogens is 4. The Labute approximate surface area is 251 Å². The first-order valence-corrected chi connectivity index (χ1v) is 14.5. The van der Waals surface area contributed by atoms with Crippen molar-refractivity contribution in [1.82, 2.24) is 9.66 Å². The molecule has 0 amide bonds. The number of ether oxygens (including phenoxy) is 2. The maximum Gasteiger partial charge on any atom is 0.282 e. The highest BCUT2D eigenvalue weighted by Gasteiger charge is 2.23. The van der Waals surface area contributed by atoms with Gasteiger partial charge in [0.25, 0.3) is 5.56 Å². The lowest BCUT2D eigenvalue weighted by molar-refractivity contribution is 0.267. The van der Waals surface area contributed by atoms with Gasteiger partial charge < -0.3 is 9.47 Å². The van der Waals surface area contributed by atoms with Crippen LogP contribution in [0.1, 0.15) is 44.6 Å². The largest absolute Gasteiger partial charge is 0.490 e. The lowest BCUT2D eigenvalue weighted by Gasteiger charge is -2.21. The standard InChI is InChI=1S/C28H25Br3ClN3O3/c1-5-37-22-12-17(23(30)24(31)25(22)38-15-16-8-6-7-9-20(16)32)14-33-35-26(36)19-13-18(29)10-11-21(19)34-27(35)28(2,3)4/h6-14H,5,15H2,1-4H3. The van der Waals surface area contributed by atoms with Crippen LogP contribution in [0.2, 0.25) is 5.02 Å². The molecule has 0 aliphatic rings. The second-order valence-corrected chi connectivity index (χ2v) is 12.4. The summed E-state index contributed by atoms with van der Waals surface area (Å²) in [6.07, 6.45) is 1.61. The number of aromatic nitrogens is 2. The van der Waals surface area contributed by atoms with E-state index in [1.54, 1.807) is 12.3 Å². The monoisotopic (exact) mass is 723 g/mol. The maximum atomic E-state index is 13.5. The van der Waals surface area contributed by atoms with Crippen LogP contribution in [-0.4, -0.2) is 22.5 Å². The highest BCUT2D eigenvalue weighted by atomic mass is 79.9. The SMILES string of the molecule is CCOc1cc(C=Nn2c(C(C)(C)C)nc3ccc(Br)cc3c2=O)c(Br)c(Br)c1OCc1ccccc1Cl. The second-order valence-electron chi connectivity index (χ2n) is 9.44. The van der Waals surface area contributed by atoms with Crippen molar-refractivity contribution in [2.24, 2.45) is 5.10 Å². The molecule has 0 fully saturated rings. The average molecular weight is 727 g/mol. The average Bonchev–Trinajstić information content (AvgIpc) is 2.86. The molecule has 4 aromatic rings. The Morgan fingerprint density at radius 1 is 1.05 bits per heavy atom. The molecule has 0 atom stereocenters. The molecule has 1 heterocycles. The normalized spacial score (nSPS) is 11.9. The molecule has 4 rings (SSSR count). The first-order chi connectivity index (χ1) is 18.0. The fraction of sp³-hybridized carbons (Fsp3) is 0.250. The number of benzene rings is 3. The second kappa shape index (κ2) is 11.9. The summed E-state index contributed by atoms with van der Waals surface area (Å²) in [6.45, 7) is 8.59. The number of rotatable bonds is 7. The van der Waals surface area contributed by atoms with Gasteiger partial charge in [0.05, 0.1) is 28.2 Å². The Morgan fingerprint density at radius 2 is 1.79 bits per heavy atom. The fourth-order valence-corrected chi connectivity index (χ4v) is 5.21. The van der Waals surface area contributed by atoms with E-state index in [1.165, 1.54) is 4.68 Å². The van der Waals surface area contributed by atoms with Crippen molar-refractivity contribution in [2.75, 3.05) is 6.61 Å². The summed E-state index contributed by atoms with van der Waals surface area (Å²) < 4.78 is 15.5. The highest BCUT2D eigenvalue weighted by molar-refractivity contribution is 9.13. The van der Waals surface area contributed by atoms with E-state index in [0.717, 1.165) is 10.0 Å². The number of nitrogens with zero attached hydrogens (tertiary/aromatic N) is 3. The van der Waals surface area contributed by atoms with Crippen molar-refractivity contribution in [2.45, 2.75) is 39.7 Å². The van der Waals surface area contributed by atoms with E-state index in [4.69, 9.17) is 26.1 Å². The molecule has 0 saturated heterocycles. The van der Waals surface area contributed by atoms with Crippen molar-refractivity contribution < 1.29 is 9.47 Å². The van der Waals surface area contributed by atoms with Gasteiger partial charge in [0, 0.05) is 30.5 Å². The Bertz CT molecular complexity index is 1600. The molecule has 3 aromatic carbocycles. The van der Waals surface area contributed by atoms with Gasteiger partial charge in [-0.2, -0.15) is 9.78 Å². The van der Waals surface area contributed by atoms with Crippen molar-refractivity contribution in [3.05, 3.63) is 94.3 Å². The van der Waals surface area contributed by atoms with Crippen LogP contribution in [0.25, 0.3) is 10.9 Å². The molecule has 10 heteroatoms. The fourth-order valence-electron chi connectivity index (χ4n) is 3.72. The predicted molar refractivity (Wildman–Crippen MR) is 164 cm³/mol. The summed E-state index contributed by atoms with van der Waals surface area (Å²) in [5.41, 5.74) is 1.48. The molecule has 0 saturated carbocycles. The topological polar surface area (TPSA) is 65.7 Å². The minimum absolute atomic E-state index is 0.252. The Balaban J connectivity index is 1.79. The van der Waals surface area contributed by atoms with Gasteiger partial charge in [0.2, 0.25) is 0 Å². The molecule has 1 aromatic heterocycles. The molecule has 0 spiro atoms. The molecule has 0 unspecified atom stereocenters. The van der Waals surface area contributed by atoms with Gasteiger partial charge in [-0.3, -0.25) is 4.79 Å². The Morgan fingerprint density at radius 3 is 2.47 bits per heavy atom. The van der Waals surface area contributed by atoms with Gasteiger partial charge in [0.1, 0.15) is 12.4 Å². The van der Waals surface area contributed by atoms with Gasteiger partial charge in [0.15, 0.2) is 11.5 Å². The van der Waals surface area contributed by atoms with Crippen LogP contribution in [0.15, 0.2) is 71.8 Å². The van der Waals surface area contributed by atoms with Crippen LogP contribution < -0.4 is 15.0 Å². The zero-order chi connectivity index (χ0) is 27.6. The summed E-state index contributed by atoms with van der Waals surface area (Å²) in [7, 11) is 0. The van der Waals surface area contributed by atoms with Crippen molar-refractivity contribution >= 4 is 76.5 Å². The van der Waals surface area contributed by atoms with Crippen molar-refractivity contribution in [1.29, 1.82) is 0 Å². The Hall–Kier alpha value is -2.20. The Kier molecular flexibility index (Phi) is 9.02. The summed E-state index contributed by atoms with van der Waals surface area (Å²) in [4.78, 5) is 18.3. The predicted octanol–water partition coefficient (Wildman–Crippen LogP) is 8.49. The van der Waals surface area contributed by atoms with Crippen LogP contribution >= 0.6 is 59.4 Å². The van der Waals surface area contributed by atoms with Crippen LogP contribution in [0.3, 0.4) is 0 Å². The molecule has 0 N–H and O–H groups in total. The third-order valence-electron chi connectivity index (χ3n) is 5.58. The van der Waals surface area contributed by atoms with Crippen molar-refractivity contribution in [3.63, 3.8) is 0 Å². The maximum absolute atomic E-state index is 13.5. The first-order valence-electron chi connectivity index (χ1n) is 11.8. The summed E-state index contributed by atoms with van der Waals surface area (Å²) >= 11 is 17.0. The summed E-state index contributed by atoms with van der Waals surface area (Å²) in [5, 5.41) is 5.70. The van der Waals surface area contributed by atoms with Gasteiger partial charge in [-0.1, -0.05) is 66.5 Å². The van der Waals surface area contributed by atoms with Crippen LogP contribution in [0.4, 0.5) is 0 Å². The smallest absolute Gasteiger partial charge is 0.282 e. The van der Waals surface area contributed by atoms with Crippen LogP contribution in [0, 0.1) is 0 Å². The van der Waals surface area contributed by atoms with Crippen molar-refractivity contribution in [3.8, 4) is 11.5 Å². The highest BCUT2D eigenvalue weighted by Crippen LogP contribution is 2.43. The van der Waals surface area contributed by atoms with E-state index in [0.29, 0.717) is 54.4 Å². The molecule has 0 aliphatic heterocycles. The van der Waals surface area contributed by atoms with Gasteiger partial charge in [-0.05, 0) is 69.1 Å². The third-order valence-corrected chi connectivity index (χ3v) is 8.58. The van der Waals surface area contributed by atoms with E-state index in [-0.39, 0.29) is 12.2 Å². The molecular weight excluding hydrogens is 701 g/mol. The van der Waals surface area contributed by atoms with E-state index < -0.39 is 5.41 Å². The molecule has 198 valence electrons. The molecule has 0 bridgehead atoms. The molecule has 0 aliphatic carbocycles. The quantitative estimate of drug-likeness (QED) is 0.179. The molecule has 6 nitrogen and oxygen atoms in total. The lowest BCUT2D eigenvalue weighted by Crippen LogP contribution is -2.29. The molecule has 0 radical (unpaired) electrons. The van der Waals surface area contributed by atoms with E-state index in [9.17, 15) is 4.79 Å². The van der Waals surface area contributed by atoms with Gasteiger partial charge in [-0.25, -0.2) is 4.98 Å². The first kappa shape index (κ1) is 28.8. The summed E-state index contributed by atoms with van der Waals surface area (Å²) in [6, 6.07) is 14.8. The summed E-state index contributed by atoms with van der Waals surface area (Å²) in [5.74, 6) is 1.61. The van der Waals surface area contributed by atoms with E-state index in [2.05, 4.69) is 52.9 Å². The van der Waals surface area contributed by atoms with Crippen LogP contribution in [-0.2, 0) is 12.0 Å². The number of fused-ring (bicyclic) bond motifs is 1. The van der Waals surface area contributed by atoms with Gasteiger partial charge in [-0.15, -0.1) is 0 Å². The molecule has 38 heavy (non-hydrogen) atoms. The lowest BCUT2D eigenvalue weighted by atomic mass is 9.95. The zero-order valence-corrected chi connectivity index (χ0v) is 26.7. The number of hydrogen-bond acceptors (Lipinski definition) is 5. The van der Waals surface area contributed by atoms with Gasteiger partial charge >= 0.3 is 0 Å². The number of hydrogen-bond donors (Lipinski definition) is 0. The molecular formula is C28H25Br3ClN3O3. The van der Waals surface area contributed by atoms with E-state index in [1.807, 2.05) is 70.2 Å². The zero-order valence-electron chi connectivity index (χ0n) is 21.2. The minimum Gasteiger partial charge on any atom is -0.490 e. The minimum atomic E-state index is -0.428. The van der Waals surface area contributed by atoms with Crippen LogP contribution in [0.5, 0.6) is 11.5 Å².